The van der Waals surface area contributed by atoms with Crippen LogP contribution in [0.25, 0.3) is 0 Å². The number of carbonyl (C=O) groups is 3. The van der Waals surface area contributed by atoms with Gasteiger partial charge in [0, 0.05) is 30.2 Å². The first-order chi connectivity index (χ1) is 17.3. The summed E-state index contributed by atoms with van der Waals surface area (Å²) in [5, 5.41) is 6.74. The van der Waals surface area contributed by atoms with Gasteiger partial charge in [-0.05, 0) is 54.1 Å². The van der Waals surface area contributed by atoms with Crippen LogP contribution in [0.2, 0.25) is 15.1 Å². The molecule has 3 aromatic rings. The van der Waals surface area contributed by atoms with E-state index in [-0.39, 0.29) is 36.4 Å². The molecule has 0 saturated carbocycles. The Morgan fingerprint density at radius 2 is 1.69 bits per heavy atom. The maximum atomic E-state index is 12.6. The van der Waals surface area contributed by atoms with Crippen LogP contribution in [-0.4, -0.2) is 30.9 Å². The lowest BCUT2D eigenvalue weighted by Crippen LogP contribution is -2.32. The van der Waals surface area contributed by atoms with Gasteiger partial charge in [-0.2, -0.15) is 0 Å². The van der Waals surface area contributed by atoms with E-state index >= 15 is 0 Å². The Bertz CT molecular complexity index is 1270. The van der Waals surface area contributed by atoms with E-state index in [9.17, 15) is 14.4 Å². The molecule has 1 aliphatic rings. The molecule has 186 valence electrons. The number of hydrogen-bond donors (Lipinski definition) is 2. The van der Waals surface area contributed by atoms with Gasteiger partial charge in [0.05, 0.1) is 21.7 Å². The predicted molar refractivity (Wildman–Crippen MR) is 141 cm³/mol. The van der Waals surface area contributed by atoms with E-state index in [0.29, 0.717) is 33.7 Å². The summed E-state index contributed by atoms with van der Waals surface area (Å²) in [7, 11) is 0. The number of benzene rings is 3. The zero-order valence-electron chi connectivity index (χ0n) is 19.0. The van der Waals surface area contributed by atoms with Crippen LogP contribution in [-0.2, 0) is 20.9 Å². The zero-order valence-corrected chi connectivity index (χ0v) is 21.2. The monoisotopic (exact) mass is 545 g/mol. The molecular weight excluding hydrogens is 525 g/mol. The molecule has 1 aliphatic heterocycles. The van der Waals surface area contributed by atoms with Crippen molar-refractivity contribution in [2.75, 3.05) is 23.4 Å². The minimum Gasteiger partial charge on any atom is -0.484 e. The number of amides is 3. The first-order valence-electron chi connectivity index (χ1n) is 11.1. The SMILES string of the molecule is O=C(COc1ccc(N2C[C@H](C(=O)NCc3ccc(Cl)cc3)CC2=O)cc1)Nc1cccc(Cl)c1Cl. The molecule has 7 nitrogen and oxygen atoms in total. The second-order valence-corrected chi connectivity index (χ2v) is 9.40. The number of ether oxygens (including phenoxy) is 1. The van der Waals surface area contributed by atoms with E-state index in [1.165, 1.54) is 0 Å². The molecule has 3 aromatic carbocycles. The second kappa shape index (κ2) is 11.6. The van der Waals surface area contributed by atoms with E-state index in [2.05, 4.69) is 10.6 Å². The predicted octanol–water partition coefficient (Wildman–Crippen LogP) is 5.33. The molecule has 0 aromatic heterocycles. The molecule has 0 unspecified atom stereocenters. The summed E-state index contributed by atoms with van der Waals surface area (Å²) >= 11 is 17.9. The summed E-state index contributed by atoms with van der Waals surface area (Å²) in [5.74, 6) is -0.692. The highest BCUT2D eigenvalue weighted by molar-refractivity contribution is 6.44. The molecule has 10 heteroatoms. The number of nitrogens with one attached hydrogen (secondary N) is 2. The Hall–Kier alpha value is -3.26. The van der Waals surface area contributed by atoms with E-state index in [1.807, 2.05) is 12.1 Å². The average Bonchev–Trinajstić information content (AvgIpc) is 3.27. The number of anilines is 2. The summed E-state index contributed by atoms with van der Waals surface area (Å²) in [5.41, 5.74) is 1.97. The van der Waals surface area contributed by atoms with Crippen molar-refractivity contribution >= 4 is 63.9 Å². The molecule has 1 fully saturated rings. The van der Waals surface area contributed by atoms with Crippen LogP contribution >= 0.6 is 34.8 Å². The number of nitrogens with zero attached hydrogens (tertiary/aromatic N) is 1. The van der Waals surface area contributed by atoms with Crippen LogP contribution in [0.4, 0.5) is 11.4 Å². The molecule has 1 heterocycles. The van der Waals surface area contributed by atoms with E-state index in [1.54, 1.807) is 59.5 Å². The molecule has 36 heavy (non-hydrogen) atoms. The van der Waals surface area contributed by atoms with E-state index < -0.39 is 11.8 Å². The summed E-state index contributed by atoms with van der Waals surface area (Å²) in [6, 6.07) is 18.9. The highest BCUT2D eigenvalue weighted by atomic mass is 35.5. The third kappa shape index (κ3) is 6.49. The maximum Gasteiger partial charge on any atom is 0.262 e. The largest absolute Gasteiger partial charge is 0.484 e. The van der Waals surface area contributed by atoms with Crippen LogP contribution < -0.4 is 20.3 Å². The Balaban J connectivity index is 1.27. The normalized spacial score (nSPS) is 15.0. The van der Waals surface area contributed by atoms with Crippen molar-refractivity contribution in [3.63, 3.8) is 0 Å². The maximum absolute atomic E-state index is 12.6. The van der Waals surface area contributed by atoms with Crippen LogP contribution in [0.15, 0.2) is 66.7 Å². The smallest absolute Gasteiger partial charge is 0.262 e. The first-order valence-corrected chi connectivity index (χ1v) is 12.2. The quantitative estimate of drug-likeness (QED) is 0.400. The summed E-state index contributed by atoms with van der Waals surface area (Å²) in [4.78, 5) is 38.9. The molecule has 0 radical (unpaired) electrons. The molecular formula is C26H22Cl3N3O4. The fourth-order valence-corrected chi connectivity index (χ4v) is 4.20. The molecule has 0 spiro atoms. The van der Waals surface area contributed by atoms with Crippen molar-refractivity contribution < 1.29 is 19.1 Å². The zero-order chi connectivity index (χ0) is 25.7. The molecule has 3 amide bonds. The number of rotatable bonds is 8. The topological polar surface area (TPSA) is 87.7 Å². The van der Waals surface area contributed by atoms with E-state index in [0.717, 1.165) is 5.56 Å². The summed E-state index contributed by atoms with van der Waals surface area (Å²) in [6.07, 6.45) is 0.136. The van der Waals surface area contributed by atoms with Gasteiger partial charge in [0.25, 0.3) is 5.91 Å². The summed E-state index contributed by atoms with van der Waals surface area (Å²) in [6.45, 7) is 0.415. The Morgan fingerprint density at radius 3 is 2.42 bits per heavy atom. The fraction of sp³-hybridized carbons (Fsp3) is 0.192. The molecule has 0 bridgehead atoms. The third-order valence-corrected chi connectivity index (χ3v) is 6.69. The minimum atomic E-state index is -0.442. The van der Waals surface area contributed by atoms with Crippen LogP contribution in [0.1, 0.15) is 12.0 Å². The Morgan fingerprint density at radius 1 is 0.972 bits per heavy atom. The highest BCUT2D eigenvalue weighted by Crippen LogP contribution is 2.30. The lowest BCUT2D eigenvalue weighted by atomic mass is 10.1. The van der Waals surface area contributed by atoms with Crippen LogP contribution in [0.5, 0.6) is 5.75 Å². The fourth-order valence-electron chi connectivity index (χ4n) is 3.73. The van der Waals surface area contributed by atoms with Crippen molar-refractivity contribution in [1.82, 2.24) is 5.32 Å². The number of halogens is 3. The van der Waals surface area contributed by atoms with Gasteiger partial charge in [0.15, 0.2) is 6.61 Å². The number of hydrogen-bond acceptors (Lipinski definition) is 4. The van der Waals surface area contributed by atoms with Crippen LogP contribution in [0, 0.1) is 5.92 Å². The van der Waals surface area contributed by atoms with Crippen molar-refractivity contribution in [3.8, 4) is 5.75 Å². The second-order valence-electron chi connectivity index (χ2n) is 8.18. The molecule has 1 saturated heterocycles. The third-order valence-electron chi connectivity index (χ3n) is 5.62. The van der Waals surface area contributed by atoms with Gasteiger partial charge in [-0.3, -0.25) is 14.4 Å². The summed E-state index contributed by atoms with van der Waals surface area (Å²) < 4.78 is 5.53. The van der Waals surface area contributed by atoms with Gasteiger partial charge < -0.3 is 20.3 Å². The van der Waals surface area contributed by atoms with E-state index in [4.69, 9.17) is 39.5 Å². The minimum absolute atomic E-state index is 0.131. The first kappa shape index (κ1) is 25.8. The van der Waals surface area contributed by atoms with Gasteiger partial charge in [0.1, 0.15) is 5.75 Å². The highest BCUT2D eigenvalue weighted by Gasteiger charge is 2.35. The Kier molecular flexibility index (Phi) is 8.36. The van der Waals surface area contributed by atoms with Crippen molar-refractivity contribution in [1.29, 1.82) is 0 Å². The van der Waals surface area contributed by atoms with Gasteiger partial charge in [0.2, 0.25) is 11.8 Å². The van der Waals surface area contributed by atoms with Crippen LogP contribution in [0.3, 0.4) is 0 Å². The van der Waals surface area contributed by atoms with Gasteiger partial charge in [-0.25, -0.2) is 0 Å². The van der Waals surface area contributed by atoms with Crippen molar-refractivity contribution in [3.05, 3.63) is 87.4 Å². The Labute approximate surface area is 223 Å². The van der Waals surface area contributed by atoms with Gasteiger partial charge in [-0.15, -0.1) is 0 Å². The van der Waals surface area contributed by atoms with Gasteiger partial charge in [-0.1, -0.05) is 53.0 Å². The lowest BCUT2D eigenvalue weighted by Gasteiger charge is -2.17. The molecule has 2 N–H and O–H groups in total. The van der Waals surface area contributed by atoms with Crippen molar-refractivity contribution in [2.45, 2.75) is 13.0 Å². The average molecular weight is 547 g/mol. The lowest BCUT2D eigenvalue weighted by molar-refractivity contribution is -0.126. The number of carbonyl (C=O) groups excluding carboxylic acids is 3. The molecule has 1 atom stereocenters. The molecule has 4 rings (SSSR count). The molecule has 0 aliphatic carbocycles. The van der Waals surface area contributed by atoms with Crippen molar-refractivity contribution in [2.24, 2.45) is 5.92 Å². The standard InChI is InChI=1S/C26H22Cl3N3O4/c27-18-6-4-16(5-7-18)13-30-26(35)17-12-24(34)32(14-17)19-8-10-20(11-9-19)36-15-23(33)31-22-3-1-2-21(28)25(22)29/h1-11,17H,12-15H2,(H,30,35)(H,31,33)/t17-/m1/s1. The van der Waals surface area contributed by atoms with Gasteiger partial charge >= 0.3 is 0 Å².